The molecule has 0 bridgehead atoms. The molecule has 3 aromatic carbocycles. The summed E-state index contributed by atoms with van der Waals surface area (Å²) in [7, 11) is 0. The summed E-state index contributed by atoms with van der Waals surface area (Å²) >= 11 is 0. The lowest BCUT2D eigenvalue weighted by molar-refractivity contribution is -0.146. The van der Waals surface area contributed by atoms with Gasteiger partial charge in [0.05, 0.1) is 35.0 Å². The van der Waals surface area contributed by atoms with E-state index < -0.39 is 11.5 Å². The van der Waals surface area contributed by atoms with E-state index in [1.165, 1.54) is 22.7 Å². The summed E-state index contributed by atoms with van der Waals surface area (Å²) in [6.45, 7) is 5.95. The molecule has 3 atom stereocenters. The second-order valence-electron chi connectivity index (χ2n) is 11.1. The predicted molar refractivity (Wildman–Crippen MR) is 147 cm³/mol. The summed E-state index contributed by atoms with van der Waals surface area (Å²) in [5, 5.41) is 17.2. The summed E-state index contributed by atoms with van der Waals surface area (Å²) in [5.74, 6) is 5.73. The Bertz CT molecular complexity index is 1430. The maximum atomic E-state index is 13.9. The molecule has 3 unspecified atom stereocenters. The van der Waals surface area contributed by atoms with Gasteiger partial charge in [-0.1, -0.05) is 49.7 Å². The number of aliphatic hydroxyl groups excluding tert-OH is 1. The van der Waals surface area contributed by atoms with Gasteiger partial charge < -0.3 is 5.11 Å². The van der Waals surface area contributed by atoms with E-state index in [0.717, 1.165) is 34.1 Å². The second-order valence-corrected chi connectivity index (χ2v) is 11.1. The number of aliphatic hydroxyl groups is 1. The number of hydrogen-bond acceptors (Lipinski definition) is 4. The Morgan fingerprint density at radius 2 is 1.84 bits per heavy atom. The lowest BCUT2D eigenvalue weighted by Crippen LogP contribution is -2.55. The molecular weight excluding hydrogens is 479 g/mol. The fraction of sp³-hybridized carbons (Fsp3) is 0.355. The molecule has 1 heterocycles. The highest BCUT2D eigenvalue weighted by molar-refractivity contribution is 5.85. The minimum absolute atomic E-state index is 0.178. The van der Waals surface area contributed by atoms with Crippen molar-refractivity contribution in [3.63, 3.8) is 0 Å². The lowest BCUT2D eigenvalue weighted by atomic mass is 9.71. The number of amides is 1. The summed E-state index contributed by atoms with van der Waals surface area (Å²) < 4.78 is 15.2. The molecule has 5 rings (SSSR count). The van der Waals surface area contributed by atoms with Crippen LogP contribution in [-0.4, -0.2) is 37.9 Å². The van der Waals surface area contributed by atoms with Gasteiger partial charge in [0.2, 0.25) is 5.91 Å². The van der Waals surface area contributed by atoms with Crippen molar-refractivity contribution in [3.8, 4) is 5.69 Å². The molecule has 1 fully saturated rings. The molecule has 3 N–H and O–H groups in total. The highest BCUT2D eigenvalue weighted by Crippen LogP contribution is 2.41. The Morgan fingerprint density at radius 3 is 2.50 bits per heavy atom. The summed E-state index contributed by atoms with van der Waals surface area (Å²) in [4.78, 5) is 13.9. The average molecular weight is 515 g/mol. The first-order valence-corrected chi connectivity index (χ1v) is 13.2. The Balaban J connectivity index is 1.53. The Morgan fingerprint density at radius 1 is 1.13 bits per heavy atom. The standard InChI is InChI=1S/C31H35FN4O2/c1-20-7-9-21(10-8-20)17-26(31(2,3)30(38)35(33)28-5-4-6-29(28)37)22-11-16-27-23(18-22)19-34-36(27)25-14-12-24(32)13-15-25/h7-16,18-19,26,28-29,37H,4-6,17,33H2,1-3H3. The van der Waals surface area contributed by atoms with Crippen LogP contribution in [0.4, 0.5) is 4.39 Å². The normalized spacial score (nSPS) is 18.6. The molecule has 0 spiro atoms. The summed E-state index contributed by atoms with van der Waals surface area (Å²) in [6.07, 6.45) is 4.07. The van der Waals surface area contributed by atoms with Gasteiger partial charge in [-0.15, -0.1) is 0 Å². The van der Waals surface area contributed by atoms with Gasteiger partial charge in [0.25, 0.3) is 0 Å². The molecule has 6 nitrogen and oxygen atoms in total. The van der Waals surface area contributed by atoms with Crippen LogP contribution in [0.1, 0.15) is 55.7 Å². The highest BCUT2D eigenvalue weighted by Gasteiger charge is 2.43. The number of nitrogens with zero attached hydrogens (tertiary/aromatic N) is 3. The van der Waals surface area contributed by atoms with Crippen molar-refractivity contribution < 1.29 is 14.3 Å². The number of hydrazine groups is 1. The van der Waals surface area contributed by atoms with Crippen molar-refractivity contribution >= 4 is 16.8 Å². The first kappa shape index (κ1) is 26.1. The number of benzene rings is 3. The molecule has 0 aliphatic heterocycles. The maximum absolute atomic E-state index is 13.9. The third-order valence-electron chi connectivity index (χ3n) is 8.08. The van der Waals surface area contributed by atoms with E-state index >= 15 is 0 Å². The van der Waals surface area contributed by atoms with Crippen molar-refractivity contribution in [1.82, 2.24) is 14.8 Å². The van der Waals surface area contributed by atoms with Crippen molar-refractivity contribution in [2.75, 3.05) is 0 Å². The summed E-state index contributed by atoms with van der Waals surface area (Å²) in [5.41, 5.74) is 4.15. The number of aryl methyl sites for hydroxylation is 1. The number of halogens is 1. The van der Waals surface area contributed by atoms with Crippen LogP contribution in [0.15, 0.2) is 72.9 Å². The smallest absolute Gasteiger partial charge is 0.243 e. The minimum Gasteiger partial charge on any atom is -0.391 e. The number of hydrogen-bond donors (Lipinski definition) is 2. The first-order chi connectivity index (χ1) is 18.1. The van der Waals surface area contributed by atoms with Gasteiger partial charge >= 0.3 is 0 Å². The van der Waals surface area contributed by atoms with Crippen LogP contribution in [0.2, 0.25) is 0 Å². The molecule has 0 saturated heterocycles. The van der Waals surface area contributed by atoms with Gasteiger partial charge in [-0.25, -0.2) is 14.9 Å². The van der Waals surface area contributed by atoms with E-state index in [9.17, 15) is 14.3 Å². The van der Waals surface area contributed by atoms with Crippen LogP contribution >= 0.6 is 0 Å². The van der Waals surface area contributed by atoms with Gasteiger partial charge in [-0.3, -0.25) is 9.80 Å². The molecule has 1 amide bonds. The van der Waals surface area contributed by atoms with E-state index in [2.05, 4.69) is 42.4 Å². The van der Waals surface area contributed by atoms with E-state index in [1.807, 2.05) is 26.0 Å². The molecule has 198 valence electrons. The van der Waals surface area contributed by atoms with Gasteiger partial charge in [0, 0.05) is 11.3 Å². The fourth-order valence-corrected chi connectivity index (χ4v) is 5.68. The molecule has 0 radical (unpaired) electrons. The van der Waals surface area contributed by atoms with E-state index in [4.69, 9.17) is 5.84 Å². The Labute approximate surface area is 222 Å². The van der Waals surface area contributed by atoms with Crippen molar-refractivity contribution in [1.29, 1.82) is 0 Å². The SMILES string of the molecule is Cc1ccc(CC(c2ccc3c(cnn3-c3ccc(F)cc3)c2)C(C)(C)C(=O)N(N)C2CCCC2O)cc1. The van der Waals surface area contributed by atoms with Crippen LogP contribution < -0.4 is 5.84 Å². The van der Waals surface area contributed by atoms with E-state index in [0.29, 0.717) is 19.3 Å². The number of rotatable bonds is 7. The van der Waals surface area contributed by atoms with Crippen molar-refractivity contribution in [2.24, 2.45) is 11.3 Å². The molecule has 1 aliphatic carbocycles. The average Bonchev–Trinajstić information content (AvgIpc) is 3.53. The van der Waals surface area contributed by atoms with Crippen molar-refractivity contribution in [2.45, 2.75) is 64.5 Å². The van der Waals surface area contributed by atoms with Crippen molar-refractivity contribution in [3.05, 3.63) is 95.4 Å². The number of carbonyl (C=O) groups excluding carboxylic acids is 1. The Kier molecular flexibility index (Phi) is 7.07. The van der Waals surface area contributed by atoms with Crippen LogP contribution in [0, 0.1) is 18.2 Å². The molecular formula is C31H35FN4O2. The summed E-state index contributed by atoms with van der Waals surface area (Å²) in [6, 6.07) is 20.4. The van der Waals surface area contributed by atoms with Gasteiger partial charge in [0.1, 0.15) is 5.82 Å². The second kappa shape index (κ2) is 10.3. The number of aromatic nitrogens is 2. The molecule has 4 aromatic rings. The van der Waals surface area contributed by atoms with Gasteiger partial charge in [0.15, 0.2) is 0 Å². The van der Waals surface area contributed by atoms with Crippen LogP contribution in [0.3, 0.4) is 0 Å². The molecule has 1 aromatic heterocycles. The first-order valence-electron chi connectivity index (χ1n) is 13.2. The number of fused-ring (bicyclic) bond motifs is 1. The predicted octanol–water partition coefficient (Wildman–Crippen LogP) is 5.44. The quantitative estimate of drug-likeness (QED) is 0.195. The largest absolute Gasteiger partial charge is 0.391 e. The zero-order chi connectivity index (χ0) is 27.0. The molecule has 1 saturated carbocycles. The van der Waals surface area contributed by atoms with Gasteiger partial charge in [-0.2, -0.15) is 5.10 Å². The van der Waals surface area contributed by atoms with E-state index in [1.54, 1.807) is 23.0 Å². The van der Waals surface area contributed by atoms with Crippen LogP contribution in [-0.2, 0) is 11.2 Å². The topological polar surface area (TPSA) is 84.4 Å². The van der Waals surface area contributed by atoms with E-state index in [-0.39, 0.29) is 23.7 Å². The molecule has 38 heavy (non-hydrogen) atoms. The monoisotopic (exact) mass is 514 g/mol. The zero-order valence-corrected chi connectivity index (χ0v) is 22.1. The lowest BCUT2D eigenvalue weighted by Gasteiger charge is -2.39. The minimum atomic E-state index is -0.845. The molecule has 1 aliphatic rings. The maximum Gasteiger partial charge on any atom is 0.243 e. The fourth-order valence-electron chi connectivity index (χ4n) is 5.68. The van der Waals surface area contributed by atoms with Crippen LogP contribution in [0.5, 0.6) is 0 Å². The third kappa shape index (κ3) is 4.96. The van der Waals surface area contributed by atoms with Gasteiger partial charge in [-0.05, 0) is 80.1 Å². The third-order valence-corrected chi connectivity index (χ3v) is 8.08. The highest BCUT2D eigenvalue weighted by atomic mass is 19.1. The Hall–Kier alpha value is -3.55. The number of nitrogens with two attached hydrogens (primary N) is 1. The molecule has 7 heteroatoms. The van der Waals surface area contributed by atoms with Crippen LogP contribution in [0.25, 0.3) is 16.6 Å². The zero-order valence-electron chi connectivity index (χ0n) is 22.1. The number of carbonyl (C=O) groups is 1.